The summed E-state index contributed by atoms with van der Waals surface area (Å²) in [5.41, 5.74) is 0.704. The number of rotatable bonds is 4. The Hall–Kier alpha value is -2.53. The molecule has 0 radical (unpaired) electrons. The van der Waals surface area contributed by atoms with Crippen LogP contribution in [0.3, 0.4) is 0 Å². The van der Waals surface area contributed by atoms with Gasteiger partial charge >= 0.3 is 0 Å². The Labute approximate surface area is 152 Å². The molecular formula is C21H24O5. The third-order valence-electron chi connectivity index (χ3n) is 4.83. The molecule has 1 aliphatic heterocycles. The summed E-state index contributed by atoms with van der Waals surface area (Å²) in [5, 5.41) is 31.4. The fourth-order valence-electron chi connectivity index (χ4n) is 3.44. The lowest BCUT2D eigenvalue weighted by atomic mass is 9.86. The molecule has 2 aromatic rings. The molecule has 2 aromatic carbocycles. The number of Topliss-reactive ketones (excluding diaryl/α,β-unsaturated/α-hetero) is 1. The second-order valence-electron chi connectivity index (χ2n) is 7.43. The van der Waals surface area contributed by atoms with Crippen molar-refractivity contribution in [2.24, 2.45) is 0 Å². The molecule has 1 aliphatic rings. The minimum atomic E-state index is -0.964. The van der Waals surface area contributed by atoms with E-state index in [2.05, 4.69) is 0 Å². The third kappa shape index (κ3) is 3.27. The standard InChI is InChI=1S/C21H24O5/c1-12-18(24)16(14(22)10-9-13-7-5-4-6-8-13)20-17(19(12)25)15(23)11-21(2,3)26-20/h4-8,15,23-25H,9-11H2,1-3H3. The molecule has 0 aliphatic carbocycles. The molecule has 1 unspecified atom stereocenters. The van der Waals surface area contributed by atoms with Crippen LogP contribution in [-0.4, -0.2) is 26.7 Å². The SMILES string of the molecule is Cc1c(O)c(C(=O)CCc2ccccc2)c2c(c1O)C(O)CC(C)(C)O2. The zero-order chi connectivity index (χ0) is 19.1. The number of hydrogen-bond donors (Lipinski definition) is 3. The van der Waals surface area contributed by atoms with Gasteiger partial charge in [-0.1, -0.05) is 30.3 Å². The number of aryl methyl sites for hydroxylation is 1. The van der Waals surface area contributed by atoms with Crippen LogP contribution in [0, 0.1) is 6.92 Å². The van der Waals surface area contributed by atoms with Crippen molar-refractivity contribution in [2.45, 2.75) is 51.7 Å². The van der Waals surface area contributed by atoms with Crippen molar-refractivity contribution < 1.29 is 24.9 Å². The predicted molar refractivity (Wildman–Crippen MR) is 97.9 cm³/mol. The van der Waals surface area contributed by atoms with E-state index in [0.29, 0.717) is 6.42 Å². The average molecular weight is 356 g/mol. The molecule has 0 saturated heterocycles. The van der Waals surface area contributed by atoms with Crippen molar-refractivity contribution in [3.63, 3.8) is 0 Å². The smallest absolute Gasteiger partial charge is 0.170 e. The van der Waals surface area contributed by atoms with Crippen LogP contribution in [0.25, 0.3) is 0 Å². The van der Waals surface area contributed by atoms with E-state index in [4.69, 9.17) is 4.74 Å². The Morgan fingerprint density at radius 3 is 2.50 bits per heavy atom. The number of benzene rings is 2. The van der Waals surface area contributed by atoms with E-state index in [-0.39, 0.29) is 52.6 Å². The Bertz CT molecular complexity index is 839. The summed E-state index contributed by atoms with van der Waals surface area (Å²) in [6.45, 7) is 5.11. The molecule has 3 N–H and O–H groups in total. The maximum absolute atomic E-state index is 12.9. The molecule has 0 saturated carbocycles. The van der Waals surface area contributed by atoms with Crippen LogP contribution in [0.4, 0.5) is 0 Å². The van der Waals surface area contributed by atoms with Crippen LogP contribution in [0.1, 0.15) is 59.8 Å². The van der Waals surface area contributed by atoms with E-state index < -0.39 is 11.7 Å². The molecule has 5 heteroatoms. The molecular weight excluding hydrogens is 332 g/mol. The monoisotopic (exact) mass is 356 g/mol. The van der Waals surface area contributed by atoms with E-state index in [9.17, 15) is 20.1 Å². The minimum Gasteiger partial charge on any atom is -0.507 e. The summed E-state index contributed by atoms with van der Waals surface area (Å²) in [6, 6.07) is 9.61. The van der Waals surface area contributed by atoms with Gasteiger partial charge in [-0.3, -0.25) is 4.79 Å². The van der Waals surface area contributed by atoms with Crippen molar-refractivity contribution in [1.82, 2.24) is 0 Å². The first-order valence-electron chi connectivity index (χ1n) is 8.74. The maximum atomic E-state index is 12.9. The van der Waals surface area contributed by atoms with E-state index in [1.54, 1.807) is 13.8 Å². The zero-order valence-corrected chi connectivity index (χ0v) is 15.2. The van der Waals surface area contributed by atoms with Crippen LogP contribution in [0.5, 0.6) is 17.2 Å². The average Bonchev–Trinajstić information content (AvgIpc) is 2.57. The van der Waals surface area contributed by atoms with Crippen molar-refractivity contribution in [1.29, 1.82) is 0 Å². The van der Waals surface area contributed by atoms with Crippen LogP contribution >= 0.6 is 0 Å². The van der Waals surface area contributed by atoms with Crippen molar-refractivity contribution in [3.05, 3.63) is 52.6 Å². The molecule has 26 heavy (non-hydrogen) atoms. The number of aliphatic hydroxyl groups excluding tert-OH is 1. The van der Waals surface area contributed by atoms with Gasteiger partial charge in [-0.2, -0.15) is 0 Å². The zero-order valence-electron chi connectivity index (χ0n) is 15.2. The summed E-state index contributed by atoms with van der Waals surface area (Å²) < 4.78 is 5.91. The Morgan fingerprint density at radius 1 is 1.19 bits per heavy atom. The lowest BCUT2D eigenvalue weighted by molar-refractivity contribution is 0.00908. The van der Waals surface area contributed by atoms with E-state index in [1.165, 1.54) is 6.92 Å². The van der Waals surface area contributed by atoms with E-state index in [1.807, 2.05) is 30.3 Å². The summed E-state index contributed by atoms with van der Waals surface area (Å²) in [4.78, 5) is 12.9. The molecule has 0 aromatic heterocycles. The maximum Gasteiger partial charge on any atom is 0.170 e. The highest BCUT2D eigenvalue weighted by Gasteiger charge is 2.39. The van der Waals surface area contributed by atoms with Crippen LogP contribution in [-0.2, 0) is 6.42 Å². The molecule has 0 amide bonds. The minimum absolute atomic E-state index is 0.0399. The Kier molecular flexibility index (Phi) is 4.67. The highest BCUT2D eigenvalue weighted by Crippen LogP contribution is 2.51. The molecule has 0 fully saturated rings. The highest BCUT2D eigenvalue weighted by molar-refractivity contribution is 6.03. The molecule has 3 rings (SSSR count). The largest absolute Gasteiger partial charge is 0.507 e. The van der Waals surface area contributed by atoms with Gasteiger partial charge in [0, 0.05) is 18.4 Å². The van der Waals surface area contributed by atoms with Crippen LogP contribution < -0.4 is 4.74 Å². The first kappa shape index (κ1) is 18.3. The lowest BCUT2D eigenvalue weighted by Crippen LogP contribution is -2.36. The summed E-state index contributed by atoms with van der Waals surface area (Å²) in [5.74, 6) is -0.702. The summed E-state index contributed by atoms with van der Waals surface area (Å²) >= 11 is 0. The Balaban J connectivity index is 2.02. The molecule has 0 spiro atoms. The molecule has 1 heterocycles. The van der Waals surface area contributed by atoms with Crippen LogP contribution in [0.2, 0.25) is 0 Å². The van der Waals surface area contributed by atoms with Gasteiger partial charge in [0.15, 0.2) is 5.78 Å². The first-order valence-corrected chi connectivity index (χ1v) is 8.74. The highest BCUT2D eigenvalue weighted by atomic mass is 16.5. The number of aliphatic hydroxyl groups is 1. The van der Waals surface area contributed by atoms with Gasteiger partial charge < -0.3 is 20.1 Å². The number of phenols is 2. The number of hydrogen-bond acceptors (Lipinski definition) is 5. The van der Waals surface area contributed by atoms with E-state index >= 15 is 0 Å². The van der Waals surface area contributed by atoms with Gasteiger partial charge in [0.05, 0.1) is 11.7 Å². The van der Waals surface area contributed by atoms with Crippen LogP contribution in [0.15, 0.2) is 30.3 Å². The van der Waals surface area contributed by atoms with Crippen molar-refractivity contribution in [3.8, 4) is 17.2 Å². The normalized spacial score (nSPS) is 18.1. The number of phenolic OH excluding ortho intramolecular Hbond substituents is 2. The number of carbonyl (C=O) groups is 1. The quantitative estimate of drug-likeness (QED) is 0.725. The second-order valence-corrected chi connectivity index (χ2v) is 7.43. The third-order valence-corrected chi connectivity index (χ3v) is 4.83. The van der Waals surface area contributed by atoms with Crippen molar-refractivity contribution >= 4 is 5.78 Å². The number of ether oxygens (including phenoxy) is 1. The van der Waals surface area contributed by atoms with Gasteiger partial charge in [0.1, 0.15) is 28.4 Å². The second kappa shape index (κ2) is 6.65. The Morgan fingerprint density at radius 2 is 1.85 bits per heavy atom. The first-order chi connectivity index (χ1) is 12.2. The fraction of sp³-hybridized carbons (Fsp3) is 0.381. The lowest BCUT2D eigenvalue weighted by Gasteiger charge is -2.37. The summed E-state index contributed by atoms with van der Waals surface area (Å²) in [6.07, 6.45) is 0.0391. The molecule has 138 valence electrons. The summed E-state index contributed by atoms with van der Waals surface area (Å²) in [7, 11) is 0. The molecule has 1 atom stereocenters. The van der Waals surface area contributed by atoms with Crippen molar-refractivity contribution in [2.75, 3.05) is 0 Å². The van der Waals surface area contributed by atoms with Gasteiger partial charge in [-0.15, -0.1) is 0 Å². The molecule has 5 nitrogen and oxygen atoms in total. The van der Waals surface area contributed by atoms with Gasteiger partial charge in [0.25, 0.3) is 0 Å². The number of aromatic hydroxyl groups is 2. The van der Waals surface area contributed by atoms with Gasteiger partial charge in [-0.05, 0) is 32.8 Å². The predicted octanol–water partition coefficient (Wildman–Crippen LogP) is 3.82. The number of ketones is 1. The van der Waals surface area contributed by atoms with Gasteiger partial charge in [-0.25, -0.2) is 0 Å². The van der Waals surface area contributed by atoms with Gasteiger partial charge in [0.2, 0.25) is 0 Å². The molecule has 0 bridgehead atoms. The van der Waals surface area contributed by atoms with E-state index in [0.717, 1.165) is 5.56 Å². The topological polar surface area (TPSA) is 87.0 Å². The number of carbonyl (C=O) groups excluding carboxylic acids is 1. The fourth-order valence-corrected chi connectivity index (χ4v) is 3.44. The number of fused-ring (bicyclic) bond motifs is 1.